The fourth-order valence-corrected chi connectivity index (χ4v) is 2.52. The van der Waals surface area contributed by atoms with Gasteiger partial charge in [-0.05, 0) is 19.4 Å². The highest BCUT2D eigenvalue weighted by molar-refractivity contribution is 5.82. The Kier molecular flexibility index (Phi) is 4.35. The standard InChI is InChI=1S/C12H20N4O/c13-4-2-6-15-7-9-16(10-8-15)12(17)11-3-1-5-14-11/h11,14H,1-3,5-10H2. The van der Waals surface area contributed by atoms with Crippen molar-refractivity contribution in [1.29, 1.82) is 5.26 Å². The minimum atomic E-state index is 0.0562. The SMILES string of the molecule is N#CCCN1CCN(C(=O)C2CCCN2)CC1. The van der Waals surface area contributed by atoms with E-state index in [2.05, 4.69) is 16.3 Å². The van der Waals surface area contributed by atoms with Gasteiger partial charge < -0.3 is 10.2 Å². The lowest BCUT2D eigenvalue weighted by Gasteiger charge is -2.35. The quantitative estimate of drug-likeness (QED) is 0.737. The fraction of sp³-hybridized carbons (Fsp3) is 0.833. The molecule has 2 rings (SSSR count). The highest BCUT2D eigenvalue weighted by Crippen LogP contribution is 2.11. The summed E-state index contributed by atoms with van der Waals surface area (Å²) in [6.07, 6.45) is 2.67. The molecule has 0 saturated carbocycles. The van der Waals surface area contributed by atoms with E-state index in [1.165, 1.54) is 0 Å². The van der Waals surface area contributed by atoms with Crippen LogP contribution in [0, 0.1) is 11.3 Å². The molecule has 5 heteroatoms. The second-order valence-electron chi connectivity index (χ2n) is 4.72. The first kappa shape index (κ1) is 12.3. The van der Waals surface area contributed by atoms with E-state index in [1.54, 1.807) is 0 Å². The monoisotopic (exact) mass is 236 g/mol. The van der Waals surface area contributed by atoms with Gasteiger partial charge in [0, 0.05) is 39.1 Å². The van der Waals surface area contributed by atoms with Crippen LogP contribution in [0.3, 0.4) is 0 Å². The lowest BCUT2D eigenvalue weighted by atomic mass is 10.2. The number of hydrogen-bond acceptors (Lipinski definition) is 4. The van der Waals surface area contributed by atoms with Crippen LogP contribution in [-0.2, 0) is 4.79 Å². The van der Waals surface area contributed by atoms with E-state index in [-0.39, 0.29) is 11.9 Å². The Morgan fingerprint density at radius 2 is 2.12 bits per heavy atom. The Bertz CT molecular complexity index is 298. The number of amides is 1. The molecule has 1 N–H and O–H groups in total. The number of carbonyl (C=O) groups excluding carboxylic acids is 1. The van der Waals surface area contributed by atoms with Crippen molar-refractivity contribution in [2.24, 2.45) is 0 Å². The fourth-order valence-electron chi connectivity index (χ4n) is 2.52. The molecule has 0 aromatic rings. The molecular weight excluding hydrogens is 216 g/mol. The number of hydrogen-bond donors (Lipinski definition) is 1. The number of piperazine rings is 1. The van der Waals surface area contributed by atoms with E-state index in [9.17, 15) is 4.79 Å². The van der Waals surface area contributed by atoms with Crippen LogP contribution in [0.2, 0.25) is 0 Å². The van der Waals surface area contributed by atoms with Gasteiger partial charge in [0.25, 0.3) is 0 Å². The summed E-state index contributed by atoms with van der Waals surface area (Å²) in [5.74, 6) is 0.266. The third-order valence-electron chi connectivity index (χ3n) is 3.58. The van der Waals surface area contributed by atoms with Gasteiger partial charge >= 0.3 is 0 Å². The molecule has 2 aliphatic rings. The van der Waals surface area contributed by atoms with Crippen molar-refractivity contribution in [3.8, 4) is 6.07 Å². The van der Waals surface area contributed by atoms with Gasteiger partial charge in [-0.2, -0.15) is 5.26 Å². The first-order valence-corrected chi connectivity index (χ1v) is 6.43. The van der Waals surface area contributed by atoms with Crippen molar-refractivity contribution in [3.63, 3.8) is 0 Å². The summed E-state index contributed by atoms with van der Waals surface area (Å²) in [6, 6.07) is 2.22. The molecule has 0 radical (unpaired) electrons. The molecule has 1 unspecified atom stereocenters. The molecule has 0 aromatic carbocycles. The molecule has 1 atom stereocenters. The Morgan fingerprint density at radius 3 is 2.71 bits per heavy atom. The van der Waals surface area contributed by atoms with Crippen LogP contribution in [0.1, 0.15) is 19.3 Å². The molecule has 0 aliphatic carbocycles. The highest BCUT2D eigenvalue weighted by Gasteiger charge is 2.28. The zero-order valence-electron chi connectivity index (χ0n) is 10.2. The van der Waals surface area contributed by atoms with Gasteiger partial charge in [-0.15, -0.1) is 0 Å². The third kappa shape index (κ3) is 3.18. The molecule has 1 amide bonds. The number of rotatable bonds is 3. The second-order valence-corrected chi connectivity index (χ2v) is 4.72. The van der Waals surface area contributed by atoms with Gasteiger partial charge in [0.1, 0.15) is 0 Å². The van der Waals surface area contributed by atoms with Crippen LogP contribution in [0.15, 0.2) is 0 Å². The zero-order valence-corrected chi connectivity index (χ0v) is 10.2. The molecule has 5 nitrogen and oxygen atoms in total. The Labute approximate surface area is 102 Å². The average molecular weight is 236 g/mol. The first-order chi connectivity index (χ1) is 8.31. The first-order valence-electron chi connectivity index (χ1n) is 6.43. The van der Waals surface area contributed by atoms with Crippen molar-refractivity contribution in [2.75, 3.05) is 39.3 Å². The van der Waals surface area contributed by atoms with Gasteiger partial charge in [0.05, 0.1) is 12.1 Å². The smallest absolute Gasteiger partial charge is 0.239 e. The van der Waals surface area contributed by atoms with E-state index in [0.717, 1.165) is 52.1 Å². The zero-order chi connectivity index (χ0) is 12.1. The van der Waals surface area contributed by atoms with Crippen LogP contribution < -0.4 is 5.32 Å². The van der Waals surface area contributed by atoms with E-state index < -0.39 is 0 Å². The van der Waals surface area contributed by atoms with Gasteiger partial charge in [0.15, 0.2) is 0 Å². The van der Waals surface area contributed by atoms with Crippen molar-refractivity contribution >= 4 is 5.91 Å². The number of nitriles is 1. The number of nitrogens with one attached hydrogen (secondary N) is 1. The predicted molar refractivity (Wildman–Crippen MR) is 64.3 cm³/mol. The second kappa shape index (κ2) is 5.99. The van der Waals surface area contributed by atoms with Crippen molar-refractivity contribution in [1.82, 2.24) is 15.1 Å². The minimum Gasteiger partial charge on any atom is -0.339 e. The molecular formula is C12H20N4O. The lowest BCUT2D eigenvalue weighted by Crippen LogP contribution is -2.53. The Morgan fingerprint density at radius 1 is 1.35 bits per heavy atom. The largest absolute Gasteiger partial charge is 0.339 e. The summed E-state index contributed by atoms with van der Waals surface area (Å²) in [6.45, 7) is 5.23. The summed E-state index contributed by atoms with van der Waals surface area (Å²) in [7, 11) is 0. The molecule has 94 valence electrons. The molecule has 2 saturated heterocycles. The van der Waals surface area contributed by atoms with Crippen LogP contribution in [0.5, 0.6) is 0 Å². The summed E-state index contributed by atoms with van der Waals surface area (Å²) in [5, 5.41) is 11.8. The molecule has 17 heavy (non-hydrogen) atoms. The number of carbonyl (C=O) groups is 1. The summed E-state index contributed by atoms with van der Waals surface area (Å²) < 4.78 is 0. The number of nitrogens with zero attached hydrogens (tertiary/aromatic N) is 3. The van der Waals surface area contributed by atoms with Gasteiger partial charge in [-0.25, -0.2) is 0 Å². The minimum absolute atomic E-state index is 0.0562. The molecule has 0 spiro atoms. The van der Waals surface area contributed by atoms with Crippen molar-refractivity contribution in [3.05, 3.63) is 0 Å². The molecule has 2 aliphatic heterocycles. The maximum atomic E-state index is 12.1. The average Bonchev–Trinajstić information content (AvgIpc) is 2.90. The van der Waals surface area contributed by atoms with Gasteiger partial charge in [-0.1, -0.05) is 0 Å². The lowest BCUT2D eigenvalue weighted by molar-refractivity contribution is -0.134. The van der Waals surface area contributed by atoms with E-state index in [1.807, 2.05) is 4.90 Å². The van der Waals surface area contributed by atoms with Crippen LogP contribution in [-0.4, -0.2) is 61.0 Å². The molecule has 0 aromatic heterocycles. The molecule has 0 bridgehead atoms. The van der Waals surface area contributed by atoms with Crippen LogP contribution in [0.25, 0.3) is 0 Å². The van der Waals surface area contributed by atoms with Gasteiger partial charge in [0.2, 0.25) is 5.91 Å². The van der Waals surface area contributed by atoms with E-state index in [0.29, 0.717) is 6.42 Å². The predicted octanol–water partition coefficient (Wildman–Crippen LogP) is -0.204. The molecule has 2 heterocycles. The highest BCUT2D eigenvalue weighted by atomic mass is 16.2. The van der Waals surface area contributed by atoms with E-state index >= 15 is 0 Å². The maximum Gasteiger partial charge on any atom is 0.239 e. The topological polar surface area (TPSA) is 59.4 Å². The normalized spacial score (nSPS) is 25.8. The summed E-state index contributed by atoms with van der Waals surface area (Å²) >= 11 is 0. The van der Waals surface area contributed by atoms with E-state index in [4.69, 9.17) is 5.26 Å². The van der Waals surface area contributed by atoms with Crippen LogP contribution in [0.4, 0.5) is 0 Å². The van der Waals surface area contributed by atoms with Crippen LogP contribution >= 0.6 is 0 Å². The van der Waals surface area contributed by atoms with Crippen molar-refractivity contribution < 1.29 is 4.79 Å². The Hall–Kier alpha value is -1.12. The van der Waals surface area contributed by atoms with Crippen molar-refractivity contribution in [2.45, 2.75) is 25.3 Å². The Balaban J connectivity index is 1.74. The summed E-state index contributed by atoms with van der Waals surface area (Å²) in [4.78, 5) is 16.3. The van der Waals surface area contributed by atoms with Gasteiger partial charge in [-0.3, -0.25) is 9.69 Å². The third-order valence-corrected chi connectivity index (χ3v) is 3.58. The molecule has 2 fully saturated rings. The summed E-state index contributed by atoms with van der Waals surface area (Å²) in [5.41, 5.74) is 0. The maximum absolute atomic E-state index is 12.1.